The van der Waals surface area contributed by atoms with Gasteiger partial charge in [0.1, 0.15) is 23.8 Å². The van der Waals surface area contributed by atoms with E-state index < -0.39 is 18.1 Å². The summed E-state index contributed by atoms with van der Waals surface area (Å²) in [5.74, 6) is 8.42. The summed E-state index contributed by atoms with van der Waals surface area (Å²) >= 11 is 1.60. The highest BCUT2D eigenvalue weighted by molar-refractivity contribution is 7.13. The van der Waals surface area contributed by atoms with Crippen LogP contribution in [-0.4, -0.2) is 113 Å². The van der Waals surface area contributed by atoms with Crippen LogP contribution in [0.4, 0.5) is 11.6 Å². The molecule has 10 rings (SSSR count). The number of benzene rings is 2. The molecule has 3 aliphatic heterocycles. The summed E-state index contributed by atoms with van der Waals surface area (Å²) in [6, 6.07) is 17.7. The van der Waals surface area contributed by atoms with Crippen molar-refractivity contribution in [3.63, 3.8) is 0 Å². The van der Waals surface area contributed by atoms with Crippen molar-refractivity contribution in [3.05, 3.63) is 95.6 Å². The van der Waals surface area contributed by atoms with Crippen LogP contribution in [0, 0.1) is 41.9 Å². The molecule has 0 radical (unpaired) electrons. The number of phenols is 1. The highest BCUT2D eigenvalue weighted by Gasteiger charge is 2.46. The quantitative estimate of drug-likeness (QED) is 0.0806. The molecule has 2 aromatic carbocycles. The molecule has 16 nitrogen and oxygen atoms in total. The summed E-state index contributed by atoms with van der Waals surface area (Å²) < 4.78 is 7.81. The van der Waals surface area contributed by atoms with Gasteiger partial charge < -0.3 is 40.5 Å². The minimum atomic E-state index is -0.799. The molecule has 4 fully saturated rings. The van der Waals surface area contributed by atoms with Crippen molar-refractivity contribution >= 4 is 34.8 Å². The lowest BCUT2D eigenvalue weighted by Crippen LogP contribution is -2.48. The molecular formula is C56H67N11O5S. The molecule has 1 spiro atoms. The lowest BCUT2D eigenvalue weighted by Gasteiger charge is -2.51. The van der Waals surface area contributed by atoms with Crippen LogP contribution in [0.3, 0.4) is 0 Å². The van der Waals surface area contributed by atoms with Crippen LogP contribution in [0.2, 0.25) is 0 Å². The van der Waals surface area contributed by atoms with Crippen LogP contribution in [0.25, 0.3) is 32.8 Å². The van der Waals surface area contributed by atoms with Gasteiger partial charge in [0.05, 0.1) is 40.1 Å². The Hall–Kier alpha value is -6.61. The van der Waals surface area contributed by atoms with Gasteiger partial charge in [0, 0.05) is 67.5 Å². The van der Waals surface area contributed by atoms with E-state index >= 15 is 0 Å². The second kappa shape index (κ2) is 21.1. The molecule has 5 N–H and O–H groups in total. The van der Waals surface area contributed by atoms with Crippen LogP contribution in [0.1, 0.15) is 108 Å². The van der Waals surface area contributed by atoms with Crippen LogP contribution in [0.15, 0.2) is 83.1 Å². The molecule has 5 atom stereocenters. The number of nitrogen functional groups attached to an aromatic ring is 1. The fraction of sp³-hybridized carbons (Fsp3) is 0.482. The number of hydrogen-bond donors (Lipinski definition) is 4. The second-order valence-corrected chi connectivity index (χ2v) is 22.2. The summed E-state index contributed by atoms with van der Waals surface area (Å²) in [5.41, 5.74) is 14.1. The predicted molar refractivity (Wildman–Crippen MR) is 282 cm³/mol. The molecule has 3 saturated heterocycles. The van der Waals surface area contributed by atoms with Crippen LogP contribution < -0.4 is 16.0 Å². The zero-order chi connectivity index (χ0) is 51.0. The summed E-state index contributed by atoms with van der Waals surface area (Å²) in [6.45, 7) is 15.1. The van der Waals surface area contributed by atoms with E-state index in [1.54, 1.807) is 35.7 Å². The number of nitrogens with two attached hydrogens (primary N) is 1. The minimum Gasteiger partial charge on any atom is -0.507 e. The number of phenolic OH excluding ortho intramolecular Hbond substituents is 1. The Morgan fingerprint density at radius 2 is 1.73 bits per heavy atom. The van der Waals surface area contributed by atoms with E-state index in [1.807, 2.05) is 86.5 Å². The Bertz CT molecular complexity index is 2970. The first kappa shape index (κ1) is 49.9. The molecule has 7 heterocycles. The van der Waals surface area contributed by atoms with Crippen LogP contribution in [-0.2, 0) is 9.59 Å². The van der Waals surface area contributed by atoms with Crippen LogP contribution >= 0.6 is 11.3 Å². The number of para-hydroxylation sites is 1. The summed E-state index contributed by atoms with van der Waals surface area (Å²) in [5, 5.41) is 41.7. The van der Waals surface area contributed by atoms with Gasteiger partial charge in [-0.2, -0.15) is 5.10 Å². The molecule has 1 unspecified atom stereocenters. The standard InChI is InChI=1S/C56H67N11O5S/c1-34(2)51(55(71)66-32-43(68)24-47(66)54(70)60-36(4)40-12-14-41(15-13-40)52-37(5)58-33-73-52)49-26-50(63-72-49)65-20-16-38(17-21-65)30-64-22-18-56(19-23-64)27-39(28-56)11-10-35(3)67-31-42(29-59-67)45-25-46(61-62-53(45)57)44-8-6-7-9-48(44)69/h6-9,12-15,25-26,29,31,33-36,38-39,43,47,51,68-69H,16-24,27-28,30,32H2,1-5H3,(H2,57,62)(H,60,70)/t35?,36-,43+,47-,51+/m0/s1. The zero-order valence-electron chi connectivity index (χ0n) is 42.4. The second-order valence-electron chi connectivity index (χ2n) is 21.4. The number of carbonyl (C=O) groups excluding carboxylic acids is 2. The Labute approximate surface area is 431 Å². The highest BCUT2D eigenvalue weighted by atomic mass is 32.1. The molecular weight excluding hydrogens is 939 g/mol. The number of nitrogens with zero attached hydrogens (tertiary/aromatic N) is 9. The Kier molecular flexibility index (Phi) is 14.4. The van der Waals surface area contributed by atoms with Crippen molar-refractivity contribution in [1.82, 2.24) is 45.2 Å². The number of β-amino-alcohol motifs (C(OH)–C–C–N with tert-alkyl or cyclic N) is 1. The lowest BCUT2D eigenvalue weighted by molar-refractivity contribution is -0.141. The van der Waals surface area contributed by atoms with E-state index in [4.69, 9.17) is 10.3 Å². The highest BCUT2D eigenvalue weighted by Crippen LogP contribution is 2.52. The fourth-order valence-electron chi connectivity index (χ4n) is 11.6. The predicted octanol–water partition coefficient (Wildman–Crippen LogP) is 8.27. The van der Waals surface area contributed by atoms with Gasteiger partial charge in [0.25, 0.3) is 0 Å². The van der Waals surface area contributed by atoms with E-state index in [1.165, 1.54) is 17.7 Å². The number of aliphatic hydroxyl groups is 1. The maximum Gasteiger partial charge on any atom is 0.243 e. The van der Waals surface area contributed by atoms with E-state index in [-0.39, 0.29) is 48.5 Å². The van der Waals surface area contributed by atoms with Gasteiger partial charge in [-0.15, -0.1) is 21.5 Å². The molecule has 6 aromatic rings. The summed E-state index contributed by atoms with van der Waals surface area (Å²) in [7, 11) is 0. The maximum atomic E-state index is 14.4. The van der Waals surface area contributed by atoms with Gasteiger partial charge in [0.15, 0.2) is 17.4 Å². The Balaban J connectivity index is 0.670. The molecule has 4 aliphatic rings. The summed E-state index contributed by atoms with van der Waals surface area (Å²) in [6.07, 6.45) is 9.95. The first-order chi connectivity index (χ1) is 35.2. The number of nitrogens with one attached hydrogen (secondary N) is 1. The van der Waals surface area contributed by atoms with Gasteiger partial charge in [-0.1, -0.05) is 67.2 Å². The third-order valence-corrected chi connectivity index (χ3v) is 16.9. The smallest absolute Gasteiger partial charge is 0.243 e. The molecule has 4 aromatic heterocycles. The van der Waals surface area contributed by atoms with Crippen molar-refractivity contribution in [3.8, 4) is 50.4 Å². The number of carbonyl (C=O) groups is 2. The van der Waals surface area contributed by atoms with E-state index in [0.29, 0.717) is 45.6 Å². The van der Waals surface area contributed by atoms with E-state index in [9.17, 15) is 19.8 Å². The number of thiazole rings is 1. The largest absolute Gasteiger partial charge is 0.507 e. The fourth-order valence-corrected chi connectivity index (χ4v) is 12.4. The number of aliphatic hydroxyl groups excluding tert-OH is 1. The van der Waals surface area contributed by atoms with Gasteiger partial charge in [0.2, 0.25) is 11.8 Å². The summed E-state index contributed by atoms with van der Waals surface area (Å²) in [4.78, 5) is 40.1. The lowest BCUT2D eigenvalue weighted by atomic mass is 9.58. The molecule has 382 valence electrons. The molecule has 2 amide bonds. The topological polar surface area (TPSA) is 205 Å². The number of hydrogen-bond acceptors (Lipinski definition) is 14. The number of anilines is 2. The molecule has 1 aliphatic carbocycles. The maximum absolute atomic E-state index is 14.4. The third kappa shape index (κ3) is 10.7. The molecule has 17 heteroatoms. The first-order valence-corrected chi connectivity index (χ1v) is 26.8. The normalized spacial score (nSPS) is 20.6. The number of piperidine rings is 2. The first-order valence-electron chi connectivity index (χ1n) is 25.9. The Morgan fingerprint density at radius 3 is 2.44 bits per heavy atom. The SMILES string of the molecule is Cc1ncsc1-c1ccc([C@H](C)NC(=O)[C@@H]2C[C@@H](O)CN2C(=O)[C@@H](c2cc(N3CCC(CN4CCC5(CC4)CC(C#CC(C)n4cc(-c6cc(-c7ccccc7O)nnc6N)cn4)C5)CC3)no2)C(C)C)cc1. The number of rotatable bonds is 13. The van der Waals surface area contributed by atoms with Crippen molar-refractivity contribution in [1.29, 1.82) is 0 Å². The number of amides is 2. The number of aryl methyl sites for hydroxylation is 1. The van der Waals surface area contributed by atoms with Crippen molar-refractivity contribution in [2.45, 2.75) is 110 Å². The Morgan fingerprint density at radius 1 is 0.973 bits per heavy atom. The number of aromatic nitrogens is 6. The molecule has 0 bridgehead atoms. The van der Waals surface area contributed by atoms with E-state index in [0.717, 1.165) is 91.5 Å². The average Bonchev–Trinajstić information content (AvgIpc) is 4.22. The average molecular weight is 1010 g/mol. The number of aromatic hydroxyl groups is 1. The van der Waals surface area contributed by atoms with Gasteiger partial charge in [-0.25, -0.2) is 4.98 Å². The monoisotopic (exact) mass is 1010 g/mol. The van der Waals surface area contributed by atoms with Crippen molar-refractivity contribution < 1.29 is 24.3 Å². The molecule has 73 heavy (non-hydrogen) atoms. The molecule has 1 saturated carbocycles. The zero-order valence-corrected chi connectivity index (χ0v) is 43.3. The van der Waals surface area contributed by atoms with Gasteiger partial charge in [-0.3, -0.25) is 14.3 Å². The van der Waals surface area contributed by atoms with Gasteiger partial charge in [-0.05, 0) is 119 Å². The van der Waals surface area contributed by atoms with Crippen molar-refractivity contribution in [2.75, 3.05) is 49.9 Å². The van der Waals surface area contributed by atoms with E-state index in [2.05, 4.69) is 59.3 Å². The van der Waals surface area contributed by atoms with Gasteiger partial charge >= 0.3 is 0 Å². The van der Waals surface area contributed by atoms with Crippen molar-refractivity contribution in [2.24, 2.45) is 23.2 Å². The van der Waals surface area contributed by atoms with Crippen LogP contribution in [0.5, 0.6) is 5.75 Å². The third-order valence-electron chi connectivity index (χ3n) is 15.9. The minimum absolute atomic E-state index is 0.0871. The number of likely N-dealkylation sites (tertiary alicyclic amines) is 2.